The number of amides is 3. The Labute approximate surface area is 135 Å². The predicted molar refractivity (Wildman–Crippen MR) is 86.7 cm³/mol. The first-order chi connectivity index (χ1) is 9.95. The molecule has 0 aliphatic rings. The van der Waals surface area contributed by atoms with Crippen LogP contribution in [-0.4, -0.2) is 30.8 Å². The number of carbonyl (C=O) groups excluding carboxylic acids is 3. The van der Waals surface area contributed by atoms with Crippen molar-refractivity contribution < 1.29 is 14.4 Å². The number of nitrogens with two attached hydrogens (primary N) is 2. The standard InChI is InChI=1S/C14H20N4O3.ClH/c1-9(8-15)13(20)18-11-5-3-2-4-10(11)14(21)17-7-6-12(16)19;/h2-5,9H,6-8,15H2,1H3,(H2,16,19)(H,17,21)(H,18,20);1H. The van der Waals surface area contributed by atoms with Crippen molar-refractivity contribution in [1.82, 2.24) is 5.32 Å². The fourth-order valence-electron chi connectivity index (χ4n) is 1.55. The van der Waals surface area contributed by atoms with Gasteiger partial charge in [-0.15, -0.1) is 12.4 Å². The Morgan fingerprint density at radius 1 is 1.23 bits per heavy atom. The van der Waals surface area contributed by atoms with Gasteiger partial charge in [-0.25, -0.2) is 0 Å². The molecule has 3 amide bonds. The van der Waals surface area contributed by atoms with Crippen molar-refractivity contribution in [2.24, 2.45) is 17.4 Å². The molecule has 22 heavy (non-hydrogen) atoms. The van der Waals surface area contributed by atoms with Crippen LogP contribution in [-0.2, 0) is 9.59 Å². The van der Waals surface area contributed by atoms with Crippen molar-refractivity contribution in [2.45, 2.75) is 13.3 Å². The number of hydrogen-bond acceptors (Lipinski definition) is 4. The molecule has 0 aliphatic carbocycles. The number of halogens is 1. The van der Waals surface area contributed by atoms with Gasteiger partial charge < -0.3 is 22.1 Å². The molecule has 0 saturated heterocycles. The smallest absolute Gasteiger partial charge is 0.253 e. The van der Waals surface area contributed by atoms with Crippen LogP contribution in [0.1, 0.15) is 23.7 Å². The molecule has 7 nitrogen and oxygen atoms in total. The van der Waals surface area contributed by atoms with Gasteiger partial charge >= 0.3 is 0 Å². The minimum absolute atomic E-state index is 0. The highest BCUT2D eigenvalue weighted by atomic mass is 35.5. The Morgan fingerprint density at radius 3 is 2.45 bits per heavy atom. The molecule has 1 unspecified atom stereocenters. The van der Waals surface area contributed by atoms with Gasteiger partial charge in [0.2, 0.25) is 11.8 Å². The Kier molecular flexibility index (Phi) is 8.81. The Bertz CT molecular complexity index is 537. The summed E-state index contributed by atoms with van der Waals surface area (Å²) in [6.45, 7) is 2.07. The van der Waals surface area contributed by atoms with Crippen LogP contribution in [0.2, 0.25) is 0 Å². The molecule has 0 spiro atoms. The van der Waals surface area contributed by atoms with Crippen molar-refractivity contribution in [2.75, 3.05) is 18.4 Å². The first kappa shape index (κ1) is 19.9. The molecule has 1 rings (SSSR count). The zero-order chi connectivity index (χ0) is 15.8. The van der Waals surface area contributed by atoms with Crippen molar-refractivity contribution >= 4 is 35.8 Å². The minimum atomic E-state index is -0.492. The summed E-state index contributed by atoms with van der Waals surface area (Å²) in [6.07, 6.45) is 0.0600. The van der Waals surface area contributed by atoms with Crippen molar-refractivity contribution in [1.29, 1.82) is 0 Å². The Balaban J connectivity index is 0.00000441. The lowest BCUT2D eigenvalue weighted by molar-refractivity contribution is -0.119. The molecule has 8 heteroatoms. The average molecular weight is 329 g/mol. The monoisotopic (exact) mass is 328 g/mol. The maximum atomic E-state index is 12.0. The first-order valence-corrected chi connectivity index (χ1v) is 6.62. The van der Waals surface area contributed by atoms with E-state index < -0.39 is 5.91 Å². The number of anilines is 1. The third kappa shape index (κ3) is 6.11. The van der Waals surface area contributed by atoms with Crippen LogP contribution in [0, 0.1) is 5.92 Å². The lowest BCUT2D eigenvalue weighted by atomic mass is 10.1. The van der Waals surface area contributed by atoms with E-state index in [1.807, 2.05) is 0 Å². The van der Waals surface area contributed by atoms with E-state index in [2.05, 4.69) is 10.6 Å². The summed E-state index contributed by atoms with van der Waals surface area (Å²) in [5.74, 6) is -1.48. The predicted octanol–water partition coefficient (Wildman–Crippen LogP) is 0.247. The van der Waals surface area contributed by atoms with Crippen molar-refractivity contribution in [3.8, 4) is 0 Å². The Hall–Kier alpha value is -2.12. The summed E-state index contributed by atoms with van der Waals surface area (Å²) in [5.41, 5.74) is 11.2. The van der Waals surface area contributed by atoms with E-state index in [1.165, 1.54) is 0 Å². The van der Waals surface area contributed by atoms with Gasteiger partial charge in [0.1, 0.15) is 0 Å². The van der Waals surface area contributed by atoms with E-state index in [0.29, 0.717) is 11.3 Å². The van der Waals surface area contributed by atoms with Crippen LogP contribution in [0.5, 0.6) is 0 Å². The Morgan fingerprint density at radius 2 is 1.86 bits per heavy atom. The number of para-hydroxylation sites is 1. The molecule has 0 fully saturated rings. The average Bonchev–Trinajstić information content (AvgIpc) is 2.46. The van der Waals surface area contributed by atoms with E-state index in [-0.39, 0.29) is 49.6 Å². The van der Waals surface area contributed by atoms with Crippen LogP contribution in [0.3, 0.4) is 0 Å². The molecule has 1 aromatic rings. The maximum Gasteiger partial charge on any atom is 0.253 e. The topological polar surface area (TPSA) is 127 Å². The highest BCUT2D eigenvalue weighted by Crippen LogP contribution is 2.15. The summed E-state index contributed by atoms with van der Waals surface area (Å²) in [5, 5.41) is 5.24. The molecule has 0 aromatic heterocycles. The fourth-order valence-corrected chi connectivity index (χ4v) is 1.55. The second-order valence-corrected chi connectivity index (χ2v) is 4.64. The molecule has 0 radical (unpaired) electrons. The van der Waals surface area contributed by atoms with Gasteiger partial charge in [-0.1, -0.05) is 19.1 Å². The van der Waals surface area contributed by atoms with Crippen LogP contribution < -0.4 is 22.1 Å². The number of carbonyl (C=O) groups is 3. The highest BCUT2D eigenvalue weighted by Gasteiger charge is 2.15. The number of primary amides is 1. The van der Waals surface area contributed by atoms with Crippen LogP contribution in [0.4, 0.5) is 5.69 Å². The van der Waals surface area contributed by atoms with Gasteiger partial charge in [0.25, 0.3) is 5.91 Å². The zero-order valence-corrected chi connectivity index (χ0v) is 13.1. The van der Waals surface area contributed by atoms with Crippen LogP contribution >= 0.6 is 12.4 Å². The van der Waals surface area contributed by atoms with Gasteiger partial charge in [-0.2, -0.15) is 0 Å². The molecule has 0 bridgehead atoms. The summed E-state index contributed by atoms with van der Waals surface area (Å²) in [4.78, 5) is 34.5. The normalized spacial score (nSPS) is 11.0. The second kappa shape index (κ2) is 9.75. The first-order valence-electron chi connectivity index (χ1n) is 6.62. The lowest BCUT2D eigenvalue weighted by Gasteiger charge is -2.13. The third-order valence-corrected chi connectivity index (χ3v) is 2.89. The SMILES string of the molecule is CC(CN)C(=O)Nc1ccccc1C(=O)NCCC(N)=O.Cl. The van der Waals surface area contributed by atoms with Crippen LogP contribution in [0.15, 0.2) is 24.3 Å². The number of benzene rings is 1. The number of hydrogen-bond donors (Lipinski definition) is 4. The van der Waals surface area contributed by atoms with Crippen molar-refractivity contribution in [3.63, 3.8) is 0 Å². The van der Waals surface area contributed by atoms with E-state index in [4.69, 9.17) is 11.5 Å². The number of rotatable bonds is 7. The number of nitrogens with one attached hydrogen (secondary N) is 2. The largest absolute Gasteiger partial charge is 0.370 e. The van der Waals surface area contributed by atoms with Crippen molar-refractivity contribution in [3.05, 3.63) is 29.8 Å². The maximum absolute atomic E-state index is 12.0. The van der Waals surface area contributed by atoms with Gasteiger partial charge in [0.15, 0.2) is 0 Å². The minimum Gasteiger partial charge on any atom is -0.370 e. The summed E-state index contributed by atoms with van der Waals surface area (Å²) in [7, 11) is 0. The second-order valence-electron chi connectivity index (χ2n) is 4.64. The van der Waals surface area contributed by atoms with Crippen LogP contribution in [0.25, 0.3) is 0 Å². The quantitative estimate of drug-likeness (QED) is 0.572. The highest BCUT2D eigenvalue weighted by molar-refractivity contribution is 6.04. The van der Waals surface area contributed by atoms with E-state index in [1.54, 1.807) is 31.2 Å². The summed E-state index contributed by atoms with van der Waals surface area (Å²) >= 11 is 0. The fraction of sp³-hybridized carbons (Fsp3) is 0.357. The molecular formula is C14H21ClN4O3. The molecular weight excluding hydrogens is 308 g/mol. The molecule has 0 heterocycles. The third-order valence-electron chi connectivity index (χ3n) is 2.89. The van der Waals surface area contributed by atoms with Gasteiger partial charge in [0.05, 0.1) is 11.3 Å². The molecule has 0 saturated carbocycles. The van der Waals surface area contributed by atoms with Gasteiger partial charge in [-0.3, -0.25) is 14.4 Å². The van der Waals surface area contributed by atoms with E-state index in [0.717, 1.165) is 0 Å². The molecule has 1 atom stereocenters. The molecule has 122 valence electrons. The zero-order valence-electron chi connectivity index (χ0n) is 12.3. The summed E-state index contributed by atoms with van der Waals surface area (Å²) in [6, 6.07) is 6.61. The van der Waals surface area contributed by atoms with E-state index >= 15 is 0 Å². The molecule has 1 aromatic carbocycles. The molecule has 0 aliphatic heterocycles. The van der Waals surface area contributed by atoms with Gasteiger partial charge in [0, 0.05) is 25.4 Å². The van der Waals surface area contributed by atoms with Gasteiger partial charge in [-0.05, 0) is 12.1 Å². The lowest BCUT2D eigenvalue weighted by Crippen LogP contribution is -2.30. The molecule has 6 N–H and O–H groups in total. The summed E-state index contributed by atoms with van der Waals surface area (Å²) < 4.78 is 0. The van der Waals surface area contributed by atoms with E-state index in [9.17, 15) is 14.4 Å².